The molecule has 0 fully saturated rings. The molecule has 9 rings (SSSR count). The lowest BCUT2D eigenvalue weighted by atomic mass is 9.83. The van der Waals surface area contributed by atoms with Crippen molar-refractivity contribution in [1.29, 1.82) is 0 Å². The van der Waals surface area contributed by atoms with Gasteiger partial charge in [0.2, 0.25) is 0 Å². The third-order valence-corrected chi connectivity index (χ3v) is 8.87. The minimum Gasteiger partial charge on any atom is -0.455 e. The van der Waals surface area contributed by atoms with Crippen molar-refractivity contribution in [2.24, 2.45) is 0 Å². The van der Waals surface area contributed by atoms with Crippen LogP contribution in [0.2, 0.25) is 0 Å². The van der Waals surface area contributed by atoms with E-state index in [-0.39, 0.29) is 0 Å². The van der Waals surface area contributed by atoms with Gasteiger partial charge >= 0.3 is 0 Å². The van der Waals surface area contributed by atoms with Crippen LogP contribution >= 0.6 is 0 Å². The molecule has 0 atom stereocenters. The lowest BCUT2D eigenvalue weighted by Gasteiger charge is -2.20. The van der Waals surface area contributed by atoms with Crippen LogP contribution in [0.5, 0.6) is 0 Å². The molecule has 0 aliphatic carbocycles. The smallest absolute Gasteiger partial charge is 0.143 e. The normalized spacial score (nSPS) is 11.7. The van der Waals surface area contributed by atoms with Gasteiger partial charge in [0.1, 0.15) is 11.2 Å². The summed E-state index contributed by atoms with van der Waals surface area (Å²) >= 11 is 0. The average molecular weight is 547 g/mol. The van der Waals surface area contributed by atoms with Crippen molar-refractivity contribution in [3.63, 3.8) is 0 Å². The first-order chi connectivity index (χ1) is 21.4. The van der Waals surface area contributed by atoms with E-state index in [2.05, 4.69) is 158 Å². The molecule has 0 aliphatic heterocycles. The van der Waals surface area contributed by atoms with Gasteiger partial charge in [-0.1, -0.05) is 146 Å². The third kappa shape index (κ3) is 3.58. The first-order valence-electron chi connectivity index (χ1n) is 14.8. The molecule has 0 aliphatic rings. The lowest BCUT2D eigenvalue weighted by Crippen LogP contribution is -1.92. The van der Waals surface area contributed by atoms with E-state index in [4.69, 9.17) is 4.42 Å². The van der Waals surface area contributed by atoms with Crippen LogP contribution in [-0.4, -0.2) is 0 Å². The average Bonchev–Trinajstić information content (AvgIpc) is 3.47. The molecule has 1 heteroatoms. The molecule has 1 nitrogen and oxygen atoms in total. The van der Waals surface area contributed by atoms with Crippen LogP contribution in [0.25, 0.3) is 87.6 Å². The number of benzene rings is 8. The summed E-state index contributed by atoms with van der Waals surface area (Å²) in [7, 11) is 0. The van der Waals surface area contributed by atoms with Crippen molar-refractivity contribution < 1.29 is 4.42 Å². The number of furan rings is 1. The van der Waals surface area contributed by atoms with Crippen LogP contribution < -0.4 is 0 Å². The Labute approximate surface area is 249 Å². The molecule has 0 saturated heterocycles. The third-order valence-electron chi connectivity index (χ3n) is 8.87. The molecule has 0 saturated carbocycles. The maximum Gasteiger partial charge on any atom is 0.143 e. The Balaban J connectivity index is 1.40. The summed E-state index contributed by atoms with van der Waals surface area (Å²) in [6.45, 7) is 0. The van der Waals surface area contributed by atoms with Gasteiger partial charge in [0.25, 0.3) is 0 Å². The first-order valence-corrected chi connectivity index (χ1v) is 14.8. The molecular formula is C42H26O. The molecule has 0 spiro atoms. The summed E-state index contributed by atoms with van der Waals surface area (Å²) < 4.78 is 6.58. The van der Waals surface area contributed by atoms with Crippen LogP contribution in [0, 0.1) is 0 Å². The van der Waals surface area contributed by atoms with Crippen LogP contribution in [0.4, 0.5) is 0 Å². The molecule has 9 aromatic rings. The van der Waals surface area contributed by atoms with Gasteiger partial charge in [-0.15, -0.1) is 0 Å². The van der Waals surface area contributed by atoms with E-state index in [1.54, 1.807) is 0 Å². The highest BCUT2D eigenvalue weighted by Crippen LogP contribution is 2.47. The number of hydrogen-bond donors (Lipinski definition) is 0. The van der Waals surface area contributed by atoms with E-state index in [1.807, 2.05) is 0 Å². The first kappa shape index (κ1) is 24.0. The Morgan fingerprint density at radius 3 is 1.60 bits per heavy atom. The second-order valence-corrected chi connectivity index (χ2v) is 11.2. The second-order valence-electron chi connectivity index (χ2n) is 11.2. The fourth-order valence-electron chi connectivity index (χ4n) is 7.05. The largest absolute Gasteiger partial charge is 0.455 e. The predicted molar refractivity (Wildman–Crippen MR) is 183 cm³/mol. The van der Waals surface area contributed by atoms with Gasteiger partial charge in [0.15, 0.2) is 0 Å². The molecule has 1 heterocycles. The van der Waals surface area contributed by atoms with Crippen LogP contribution in [0.3, 0.4) is 0 Å². The maximum absolute atomic E-state index is 6.58. The predicted octanol–water partition coefficient (Wildman–Crippen LogP) is 12.0. The molecule has 200 valence electrons. The number of rotatable bonds is 3. The summed E-state index contributed by atoms with van der Waals surface area (Å²) in [5.74, 6) is 0. The monoisotopic (exact) mass is 546 g/mol. The lowest BCUT2D eigenvalue weighted by molar-refractivity contribution is 0.673. The van der Waals surface area contributed by atoms with Gasteiger partial charge in [-0.25, -0.2) is 0 Å². The topological polar surface area (TPSA) is 13.1 Å². The molecule has 0 amide bonds. The van der Waals surface area contributed by atoms with Crippen molar-refractivity contribution >= 4 is 54.3 Å². The van der Waals surface area contributed by atoms with E-state index < -0.39 is 0 Å². The molecule has 0 N–H and O–H groups in total. The van der Waals surface area contributed by atoms with Crippen molar-refractivity contribution in [2.75, 3.05) is 0 Å². The Kier molecular flexibility index (Phi) is 5.27. The van der Waals surface area contributed by atoms with Crippen molar-refractivity contribution in [3.8, 4) is 33.4 Å². The van der Waals surface area contributed by atoms with E-state index in [1.165, 1.54) is 60.3 Å². The highest BCUT2D eigenvalue weighted by molar-refractivity contribution is 6.24. The Hall–Kier alpha value is -5.66. The zero-order valence-electron chi connectivity index (χ0n) is 23.4. The van der Waals surface area contributed by atoms with Crippen molar-refractivity contribution in [3.05, 3.63) is 158 Å². The summed E-state index contributed by atoms with van der Waals surface area (Å²) in [5, 5.41) is 9.66. The van der Waals surface area contributed by atoms with Gasteiger partial charge in [0.05, 0.1) is 0 Å². The highest BCUT2D eigenvalue weighted by Gasteiger charge is 2.21. The Morgan fingerprint density at radius 2 is 0.884 bits per heavy atom. The van der Waals surface area contributed by atoms with E-state index in [9.17, 15) is 0 Å². The molecule has 0 unspecified atom stereocenters. The summed E-state index contributed by atoms with van der Waals surface area (Å²) in [5.41, 5.74) is 9.23. The standard InChI is InChI=1S/C42H26O/c1-2-14-28(15-3-1)39-33-19-8-10-21-35(33)40(36-22-11-9-20-34(36)39)31-18-7-6-17-30(31)32-23-12-24-38-41(32)37-26-25-27-13-4-5-16-29(27)42(37)43-38/h1-26H. The van der Waals surface area contributed by atoms with Gasteiger partial charge in [-0.05, 0) is 72.4 Å². The SMILES string of the molecule is c1ccc(-c2c3ccccc3c(-c3ccccc3-c3cccc4oc5c6ccccc6ccc5c34)c3ccccc23)cc1. The van der Waals surface area contributed by atoms with Gasteiger partial charge < -0.3 is 4.42 Å². The Morgan fingerprint density at radius 1 is 0.326 bits per heavy atom. The molecular weight excluding hydrogens is 520 g/mol. The molecule has 0 bridgehead atoms. The van der Waals surface area contributed by atoms with E-state index in [0.29, 0.717) is 0 Å². The summed E-state index contributed by atoms with van der Waals surface area (Å²) in [4.78, 5) is 0. The number of hydrogen-bond acceptors (Lipinski definition) is 1. The maximum atomic E-state index is 6.58. The molecule has 0 radical (unpaired) electrons. The van der Waals surface area contributed by atoms with Crippen molar-refractivity contribution in [1.82, 2.24) is 0 Å². The van der Waals surface area contributed by atoms with Crippen LogP contribution in [0.1, 0.15) is 0 Å². The summed E-state index contributed by atoms with van der Waals surface area (Å²) in [6.07, 6.45) is 0. The number of fused-ring (bicyclic) bond motifs is 7. The van der Waals surface area contributed by atoms with E-state index >= 15 is 0 Å². The van der Waals surface area contributed by atoms with Gasteiger partial charge in [-0.3, -0.25) is 0 Å². The minimum absolute atomic E-state index is 0.910. The Bertz CT molecular complexity index is 2440. The molecule has 43 heavy (non-hydrogen) atoms. The van der Waals surface area contributed by atoms with Crippen LogP contribution in [0.15, 0.2) is 162 Å². The van der Waals surface area contributed by atoms with Crippen molar-refractivity contribution in [2.45, 2.75) is 0 Å². The summed E-state index contributed by atoms with van der Waals surface area (Å²) in [6, 6.07) is 56.7. The molecule has 8 aromatic carbocycles. The van der Waals surface area contributed by atoms with Gasteiger partial charge in [-0.2, -0.15) is 0 Å². The van der Waals surface area contributed by atoms with E-state index in [0.717, 1.165) is 27.3 Å². The fourth-order valence-corrected chi connectivity index (χ4v) is 7.05. The zero-order valence-corrected chi connectivity index (χ0v) is 23.4. The zero-order chi connectivity index (χ0) is 28.3. The fraction of sp³-hybridized carbons (Fsp3) is 0. The van der Waals surface area contributed by atoms with Crippen LogP contribution in [-0.2, 0) is 0 Å². The quantitative estimate of drug-likeness (QED) is 0.201. The minimum atomic E-state index is 0.910. The molecule has 1 aromatic heterocycles. The second kappa shape index (κ2) is 9.44. The van der Waals surface area contributed by atoms with Gasteiger partial charge in [0, 0.05) is 16.2 Å². The highest BCUT2D eigenvalue weighted by atomic mass is 16.3.